The lowest BCUT2D eigenvalue weighted by Crippen LogP contribution is -2.41. The maximum atomic E-state index is 13.1. The van der Waals surface area contributed by atoms with E-state index in [0.717, 1.165) is 22.2 Å². The molecule has 0 amide bonds. The summed E-state index contributed by atoms with van der Waals surface area (Å²) in [6.45, 7) is 6.60. The Hall–Kier alpha value is -3.24. The third-order valence-corrected chi connectivity index (χ3v) is 5.36. The fraction of sp³-hybridized carbons (Fsp3) is 0.200. The molecule has 3 aromatic carbocycles. The molecule has 1 heterocycles. The van der Waals surface area contributed by atoms with Crippen molar-refractivity contribution in [1.82, 2.24) is 15.1 Å². The van der Waals surface area contributed by atoms with E-state index in [-0.39, 0.29) is 11.1 Å². The van der Waals surface area contributed by atoms with E-state index >= 15 is 0 Å². The quantitative estimate of drug-likeness (QED) is 0.536. The Bertz CT molecular complexity index is 1190. The van der Waals surface area contributed by atoms with Crippen molar-refractivity contribution in [3.05, 3.63) is 100 Å². The number of hydrogen-bond donors (Lipinski definition) is 1. The molecule has 0 spiro atoms. The molecule has 0 atom stereocenters. The van der Waals surface area contributed by atoms with Crippen LogP contribution in [0.5, 0.6) is 0 Å². The lowest BCUT2D eigenvalue weighted by atomic mass is 9.95. The van der Waals surface area contributed by atoms with Crippen LogP contribution in [0.4, 0.5) is 0 Å². The molecular formula is C25H25N3O. The molecule has 0 unspecified atom stereocenters. The summed E-state index contributed by atoms with van der Waals surface area (Å²) >= 11 is 0. The SMILES string of the molecule is Cc1ccc(-c2nn(CNC(C)(C)c3ccccc3)c(=O)c3ccccc23)cc1. The molecule has 0 bridgehead atoms. The first-order valence-electron chi connectivity index (χ1n) is 9.83. The molecule has 0 aliphatic carbocycles. The van der Waals surface area contributed by atoms with Crippen molar-refractivity contribution in [3.8, 4) is 11.3 Å². The van der Waals surface area contributed by atoms with Gasteiger partial charge in [-0.1, -0.05) is 78.4 Å². The van der Waals surface area contributed by atoms with E-state index in [9.17, 15) is 4.79 Å². The zero-order valence-corrected chi connectivity index (χ0v) is 17.0. The molecule has 0 saturated carbocycles. The van der Waals surface area contributed by atoms with Gasteiger partial charge >= 0.3 is 0 Å². The molecule has 29 heavy (non-hydrogen) atoms. The van der Waals surface area contributed by atoms with Crippen molar-refractivity contribution < 1.29 is 0 Å². The van der Waals surface area contributed by atoms with Crippen LogP contribution in [-0.2, 0) is 12.2 Å². The molecule has 1 N–H and O–H groups in total. The number of aryl methyl sites for hydroxylation is 1. The van der Waals surface area contributed by atoms with Crippen molar-refractivity contribution in [2.24, 2.45) is 0 Å². The number of hydrogen-bond acceptors (Lipinski definition) is 3. The highest BCUT2D eigenvalue weighted by Crippen LogP contribution is 2.25. The molecule has 146 valence electrons. The third-order valence-electron chi connectivity index (χ3n) is 5.36. The molecule has 0 saturated heterocycles. The van der Waals surface area contributed by atoms with Crippen molar-refractivity contribution in [2.75, 3.05) is 0 Å². The molecule has 4 rings (SSSR count). The van der Waals surface area contributed by atoms with Gasteiger partial charge in [0.2, 0.25) is 0 Å². The van der Waals surface area contributed by atoms with Crippen LogP contribution in [0.25, 0.3) is 22.0 Å². The third kappa shape index (κ3) is 3.84. The molecule has 0 radical (unpaired) electrons. The van der Waals surface area contributed by atoms with Gasteiger partial charge in [-0.2, -0.15) is 5.10 Å². The van der Waals surface area contributed by atoms with Gasteiger partial charge in [-0.3, -0.25) is 10.1 Å². The zero-order valence-electron chi connectivity index (χ0n) is 17.0. The monoisotopic (exact) mass is 383 g/mol. The maximum Gasteiger partial charge on any atom is 0.275 e. The topological polar surface area (TPSA) is 46.9 Å². The van der Waals surface area contributed by atoms with Crippen molar-refractivity contribution >= 4 is 10.8 Å². The number of benzene rings is 3. The first kappa shape index (κ1) is 19.1. The Balaban J connectivity index is 1.76. The van der Waals surface area contributed by atoms with Gasteiger partial charge in [-0.15, -0.1) is 0 Å². The van der Waals surface area contributed by atoms with Crippen molar-refractivity contribution in [3.63, 3.8) is 0 Å². The normalized spacial score (nSPS) is 11.7. The van der Waals surface area contributed by atoms with E-state index < -0.39 is 0 Å². The second-order valence-corrected chi connectivity index (χ2v) is 7.89. The van der Waals surface area contributed by atoms with Gasteiger partial charge in [0.1, 0.15) is 0 Å². The smallest absolute Gasteiger partial charge is 0.275 e. The summed E-state index contributed by atoms with van der Waals surface area (Å²) < 4.78 is 1.53. The van der Waals surface area contributed by atoms with Crippen LogP contribution in [0.1, 0.15) is 25.0 Å². The predicted octanol–water partition coefficient (Wildman–Crippen LogP) is 4.85. The molecule has 0 fully saturated rings. The molecule has 4 heteroatoms. The van der Waals surface area contributed by atoms with E-state index in [1.165, 1.54) is 10.2 Å². The van der Waals surface area contributed by atoms with Crippen molar-refractivity contribution in [1.29, 1.82) is 0 Å². The zero-order chi connectivity index (χ0) is 20.4. The fourth-order valence-electron chi connectivity index (χ4n) is 3.50. The Labute approximate surface area is 170 Å². The molecule has 0 aliphatic rings. The highest BCUT2D eigenvalue weighted by atomic mass is 16.1. The van der Waals surface area contributed by atoms with E-state index in [0.29, 0.717) is 12.1 Å². The second-order valence-electron chi connectivity index (χ2n) is 7.89. The van der Waals surface area contributed by atoms with Crippen LogP contribution in [0.3, 0.4) is 0 Å². The Morgan fingerprint density at radius 2 is 1.48 bits per heavy atom. The molecule has 4 aromatic rings. The molecule has 1 aromatic heterocycles. The van der Waals surface area contributed by atoms with Crippen LogP contribution in [0.2, 0.25) is 0 Å². The first-order chi connectivity index (χ1) is 14.0. The van der Waals surface area contributed by atoms with Gasteiger partial charge < -0.3 is 0 Å². The second kappa shape index (κ2) is 7.64. The van der Waals surface area contributed by atoms with Crippen LogP contribution in [0.15, 0.2) is 83.7 Å². The number of aromatic nitrogens is 2. The molecule has 0 aliphatic heterocycles. The van der Waals surface area contributed by atoms with E-state index in [4.69, 9.17) is 5.10 Å². The number of fused-ring (bicyclic) bond motifs is 1. The minimum absolute atomic E-state index is 0.0900. The average molecular weight is 383 g/mol. The summed E-state index contributed by atoms with van der Waals surface area (Å²) in [5.74, 6) is 0. The van der Waals surface area contributed by atoms with E-state index in [2.05, 4.69) is 62.5 Å². The Kier molecular flexibility index (Phi) is 5.03. The average Bonchev–Trinajstić information content (AvgIpc) is 2.75. The number of nitrogens with one attached hydrogen (secondary N) is 1. The Morgan fingerprint density at radius 3 is 2.17 bits per heavy atom. The number of nitrogens with zero attached hydrogens (tertiary/aromatic N) is 2. The van der Waals surface area contributed by atoms with Gasteiger partial charge in [0.15, 0.2) is 0 Å². The first-order valence-corrected chi connectivity index (χ1v) is 9.83. The summed E-state index contributed by atoms with van der Waals surface area (Å²) in [7, 11) is 0. The van der Waals surface area contributed by atoms with Gasteiger partial charge in [0, 0.05) is 16.5 Å². The van der Waals surface area contributed by atoms with Crippen LogP contribution in [0, 0.1) is 6.92 Å². The standard InChI is InChI=1S/C25H25N3O/c1-18-13-15-19(16-14-18)23-21-11-7-8-12-22(21)24(29)28(27-23)17-26-25(2,3)20-9-5-4-6-10-20/h4-16,26H,17H2,1-3H3. The van der Waals surface area contributed by atoms with Crippen LogP contribution >= 0.6 is 0 Å². The van der Waals surface area contributed by atoms with Crippen LogP contribution in [-0.4, -0.2) is 9.78 Å². The summed E-state index contributed by atoms with van der Waals surface area (Å²) in [5.41, 5.74) is 3.79. The largest absolute Gasteiger partial charge is 0.289 e. The lowest BCUT2D eigenvalue weighted by Gasteiger charge is -2.27. The summed E-state index contributed by atoms with van der Waals surface area (Å²) in [6.07, 6.45) is 0. The maximum absolute atomic E-state index is 13.1. The minimum Gasteiger partial charge on any atom is -0.289 e. The van der Waals surface area contributed by atoms with Gasteiger partial charge in [-0.05, 0) is 32.4 Å². The highest BCUT2D eigenvalue weighted by molar-refractivity contribution is 5.93. The number of rotatable bonds is 5. The van der Waals surface area contributed by atoms with E-state index in [1.54, 1.807) is 0 Å². The van der Waals surface area contributed by atoms with Crippen molar-refractivity contribution in [2.45, 2.75) is 33.0 Å². The molecule has 4 nitrogen and oxygen atoms in total. The van der Waals surface area contributed by atoms with E-state index in [1.807, 2.05) is 42.5 Å². The Morgan fingerprint density at radius 1 is 0.862 bits per heavy atom. The summed E-state index contributed by atoms with van der Waals surface area (Å²) in [4.78, 5) is 13.1. The van der Waals surface area contributed by atoms with Crippen LogP contribution < -0.4 is 10.9 Å². The summed E-state index contributed by atoms with van der Waals surface area (Å²) in [5, 5.41) is 9.78. The molecular weight excluding hydrogens is 358 g/mol. The fourth-order valence-corrected chi connectivity index (χ4v) is 3.50. The lowest BCUT2D eigenvalue weighted by molar-refractivity contribution is 0.341. The van der Waals surface area contributed by atoms with Gasteiger partial charge in [0.05, 0.1) is 17.7 Å². The predicted molar refractivity (Wildman–Crippen MR) is 119 cm³/mol. The minimum atomic E-state index is -0.294. The van der Waals surface area contributed by atoms with Gasteiger partial charge in [0.25, 0.3) is 5.56 Å². The summed E-state index contributed by atoms with van der Waals surface area (Å²) in [6, 6.07) is 26.1. The van der Waals surface area contributed by atoms with Gasteiger partial charge in [-0.25, -0.2) is 4.68 Å². The highest BCUT2D eigenvalue weighted by Gasteiger charge is 2.20.